The summed E-state index contributed by atoms with van der Waals surface area (Å²) < 4.78 is 35.1. The van der Waals surface area contributed by atoms with Gasteiger partial charge < -0.3 is 0 Å². The second-order valence-electron chi connectivity index (χ2n) is 1.80. The largest absolute Gasteiger partial charge is 0.448 e. The second-order valence-corrected chi connectivity index (χ2v) is 3.97. The van der Waals surface area contributed by atoms with Crippen molar-refractivity contribution in [3.8, 4) is 0 Å². The van der Waals surface area contributed by atoms with Gasteiger partial charge in [0.2, 0.25) is 0 Å². The normalized spacial score (nSPS) is 12.0. The summed E-state index contributed by atoms with van der Waals surface area (Å²) in [4.78, 5) is 3.66. The molecule has 0 fully saturated rings. The van der Waals surface area contributed by atoms with Gasteiger partial charge in [0, 0.05) is 22.8 Å². The molecule has 0 bridgehead atoms. The highest BCUT2D eigenvalue weighted by Crippen LogP contribution is 2.37. The summed E-state index contributed by atoms with van der Waals surface area (Å²) in [7, 11) is 0. The van der Waals surface area contributed by atoms with Crippen molar-refractivity contribution in [3.63, 3.8) is 0 Å². The molecule has 0 saturated carbocycles. The molecule has 0 aliphatic rings. The molecule has 0 N–H and O–H groups in total. The monoisotopic (exact) mass is 199 g/mol. The molecule has 62 valence electrons. The Bertz CT molecular complexity index is 242. The predicted molar refractivity (Wildman–Crippen MR) is 38.8 cm³/mol. The zero-order valence-electron chi connectivity index (χ0n) is 5.47. The van der Waals surface area contributed by atoms with Crippen LogP contribution in [0.5, 0.6) is 0 Å². The van der Waals surface area contributed by atoms with E-state index in [1.165, 1.54) is 0 Å². The van der Waals surface area contributed by atoms with E-state index in [0.717, 1.165) is 11.3 Å². The van der Waals surface area contributed by atoms with Gasteiger partial charge in [0.15, 0.2) is 4.34 Å². The summed E-state index contributed by atoms with van der Waals surface area (Å²) >= 11 is 0.837. The highest BCUT2D eigenvalue weighted by molar-refractivity contribution is 8.01. The van der Waals surface area contributed by atoms with E-state index < -0.39 is 5.51 Å². The minimum atomic E-state index is -4.22. The average molecular weight is 199 g/mol. The lowest BCUT2D eigenvalue weighted by molar-refractivity contribution is -0.0328. The summed E-state index contributed by atoms with van der Waals surface area (Å²) in [6.07, 6.45) is 0. The maximum absolute atomic E-state index is 11.7. The lowest BCUT2D eigenvalue weighted by atomic mass is 10.6. The number of hydrogen-bond acceptors (Lipinski definition) is 3. The summed E-state index contributed by atoms with van der Waals surface area (Å²) in [5.74, 6) is 0. The lowest BCUT2D eigenvalue weighted by Gasteiger charge is -1.99. The Labute approximate surface area is 69.6 Å². The van der Waals surface area contributed by atoms with Crippen LogP contribution < -0.4 is 0 Å². The van der Waals surface area contributed by atoms with E-state index in [2.05, 4.69) is 4.98 Å². The van der Waals surface area contributed by atoms with Gasteiger partial charge in [-0.25, -0.2) is 4.98 Å². The van der Waals surface area contributed by atoms with Gasteiger partial charge >= 0.3 is 5.51 Å². The molecule has 0 radical (unpaired) electrons. The number of alkyl halides is 3. The Balaban J connectivity index is 2.65. The van der Waals surface area contributed by atoms with E-state index in [4.69, 9.17) is 0 Å². The van der Waals surface area contributed by atoms with E-state index in [0.29, 0.717) is 5.69 Å². The van der Waals surface area contributed by atoms with Crippen molar-refractivity contribution >= 4 is 23.1 Å². The molecule has 1 nitrogen and oxygen atoms in total. The molecule has 0 spiro atoms. The fraction of sp³-hybridized carbons (Fsp3) is 0.400. The van der Waals surface area contributed by atoms with Gasteiger partial charge in [-0.1, -0.05) is 0 Å². The van der Waals surface area contributed by atoms with Gasteiger partial charge in [-0.05, 0) is 6.92 Å². The van der Waals surface area contributed by atoms with Gasteiger partial charge in [-0.2, -0.15) is 13.2 Å². The quantitative estimate of drug-likeness (QED) is 0.645. The third-order valence-corrected chi connectivity index (χ3v) is 2.59. The number of thiazole rings is 1. The van der Waals surface area contributed by atoms with Crippen LogP contribution in [-0.2, 0) is 0 Å². The molecule has 0 amide bonds. The molecule has 1 aromatic rings. The molecule has 0 saturated heterocycles. The van der Waals surface area contributed by atoms with Crippen molar-refractivity contribution in [3.05, 3.63) is 11.1 Å². The van der Waals surface area contributed by atoms with Gasteiger partial charge in [0.25, 0.3) is 0 Å². The van der Waals surface area contributed by atoms with Crippen molar-refractivity contribution in [2.24, 2.45) is 0 Å². The van der Waals surface area contributed by atoms with E-state index in [1.54, 1.807) is 12.3 Å². The molecular weight excluding hydrogens is 195 g/mol. The molecular formula is C5H4F3NS2. The molecule has 1 rings (SSSR count). The Morgan fingerprint density at radius 2 is 2.18 bits per heavy atom. The van der Waals surface area contributed by atoms with Crippen LogP contribution in [0.1, 0.15) is 5.69 Å². The van der Waals surface area contributed by atoms with Crippen molar-refractivity contribution in [2.75, 3.05) is 0 Å². The lowest BCUT2D eigenvalue weighted by Crippen LogP contribution is -1.98. The SMILES string of the molecule is Cc1csc(SC(F)(F)F)n1. The van der Waals surface area contributed by atoms with E-state index in [-0.39, 0.29) is 16.1 Å². The smallest absolute Gasteiger partial charge is 0.235 e. The van der Waals surface area contributed by atoms with Crippen molar-refractivity contribution in [1.82, 2.24) is 4.98 Å². The summed E-state index contributed by atoms with van der Waals surface area (Å²) in [5.41, 5.74) is -3.59. The highest BCUT2D eigenvalue weighted by Gasteiger charge is 2.30. The van der Waals surface area contributed by atoms with Crippen LogP contribution in [0.4, 0.5) is 13.2 Å². The minimum Gasteiger partial charge on any atom is -0.235 e. The molecule has 0 atom stereocenters. The average Bonchev–Trinajstić information content (AvgIpc) is 2.10. The molecule has 1 aromatic heterocycles. The first kappa shape index (κ1) is 8.86. The van der Waals surface area contributed by atoms with Crippen LogP contribution in [-0.4, -0.2) is 10.5 Å². The summed E-state index contributed by atoms with van der Waals surface area (Å²) in [5, 5.41) is 1.59. The van der Waals surface area contributed by atoms with E-state index >= 15 is 0 Å². The van der Waals surface area contributed by atoms with Crippen molar-refractivity contribution < 1.29 is 13.2 Å². The third kappa shape index (κ3) is 3.11. The molecule has 0 unspecified atom stereocenters. The van der Waals surface area contributed by atoms with Gasteiger partial charge in [0.05, 0.1) is 0 Å². The maximum Gasteiger partial charge on any atom is 0.448 e. The number of thioether (sulfide) groups is 1. The third-order valence-electron chi connectivity index (χ3n) is 0.801. The van der Waals surface area contributed by atoms with Crippen LogP contribution >= 0.6 is 23.1 Å². The predicted octanol–water partition coefficient (Wildman–Crippen LogP) is 3.06. The molecule has 1 heterocycles. The Morgan fingerprint density at radius 3 is 2.55 bits per heavy atom. The zero-order valence-corrected chi connectivity index (χ0v) is 7.11. The Morgan fingerprint density at radius 1 is 1.55 bits per heavy atom. The molecule has 11 heavy (non-hydrogen) atoms. The van der Waals surface area contributed by atoms with E-state index in [1.807, 2.05) is 0 Å². The molecule has 6 heteroatoms. The van der Waals surface area contributed by atoms with Crippen LogP contribution in [0, 0.1) is 6.92 Å². The van der Waals surface area contributed by atoms with E-state index in [9.17, 15) is 13.2 Å². The number of aryl methyl sites for hydroxylation is 1. The van der Waals surface area contributed by atoms with Gasteiger partial charge in [-0.15, -0.1) is 11.3 Å². The highest BCUT2D eigenvalue weighted by atomic mass is 32.2. The van der Waals surface area contributed by atoms with Crippen molar-refractivity contribution in [1.29, 1.82) is 0 Å². The standard InChI is InChI=1S/C5H4F3NS2/c1-3-2-10-4(9-3)11-5(6,7)8/h2H,1H3. The minimum absolute atomic E-state index is 0.0509. The first-order chi connectivity index (χ1) is 4.97. The molecule has 0 aliphatic heterocycles. The Hall–Kier alpha value is -0.230. The number of rotatable bonds is 1. The van der Waals surface area contributed by atoms with Crippen molar-refractivity contribution in [2.45, 2.75) is 16.8 Å². The topological polar surface area (TPSA) is 12.9 Å². The first-order valence-electron chi connectivity index (χ1n) is 2.65. The zero-order chi connectivity index (χ0) is 8.48. The first-order valence-corrected chi connectivity index (χ1v) is 4.35. The molecule has 0 aliphatic carbocycles. The molecule has 0 aromatic carbocycles. The second kappa shape index (κ2) is 3.02. The summed E-state index contributed by atoms with van der Waals surface area (Å²) in [6.45, 7) is 1.66. The van der Waals surface area contributed by atoms with Crippen LogP contribution in [0.25, 0.3) is 0 Å². The number of halogens is 3. The fourth-order valence-corrected chi connectivity index (χ4v) is 2.01. The number of nitrogens with zero attached hydrogens (tertiary/aromatic N) is 1. The van der Waals surface area contributed by atoms with Crippen LogP contribution in [0.15, 0.2) is 9.72 Å². The van der Waals surface area contributed by atoms with Crippen LogP contribution in [0.2, 0.25) is 0 Å². The fourth-order valence-electron chi connectivity index (χ4n) is 0.478. The summed E-state index contributed by atoms with van der Waals surface area (Å²) in [6, 6.07) is 0. The van der Waals surface area contributed by atoms with Crippen LogP contribution in [0.3, 0.4) is 0 Å². The number of hydrogen-bond donors (Lipinski definition) is 0. The number of aromatic nitrogens is 1. The van der Waals surface area contributed by atoms with Gasteiger partial charge in [0.1, 0.15) is 0 Å². The Kier molecular flexibility index (Phi) is 2.43. The maximum atomic E-state index is 11.7. The van der Waals surface area contributed by atoms with Gasteiger partial charge in [-0.3, -0.25) is 0 Å².